The molecular formula is C13H19F3N2OS. The number of aryl methyl sites for hydroxylation is 1. The van der Waals surface area contributed by atoms with Gasteiger partial charge in [0.15, 0.2) is 0 Å². The van der Waals surface area contributed by atoms with E-state index >= 15 is 0 Å². The highest BCUT2D eigenvalue weighted by Gasteiger charge is 2.27. The lowest BCUT2D eigenvalue weighted by Crippen LogP contribution is -2.17. The van der Waals surface area contributed by atoms with E-state index < -0.39 is 12.8 Å². The first kappa shape index (κ1) is 15.7. The van der Waals surface area contributed by atoms with Gasteiger partial charge in [0.25, 0.3) is 0 Å². The highest BCUT2D eigenvalue weighted by atomic mass is 32.1. The lowest BCUT2D eigenvalue weighted by atomic mass is 10.3. The van der Waals surface area contributed by atoms with E-state index in [2.05, 4.69) is 15.0 Å². The van der Waals surface area contributed by atoms with E-state index in [0.29, 0.717) is 12.5 Å². The minimum Gasteiger partial charge on any atom is -0.372 e. The van der Waals surface area contributed by atoms with Crippen molar-refractivity contribution in [3.8, 4) is 0 Å². The summed E-state index contributed by atoms with van der Waals surface area (Å²) in [6.45, 7) is 1.73. The number of nitrogens with one attached hydrogen (secondary N) is 1. The molecule has 3 nitrogen and oxygen atoms in total. The summed E-state index contributed by atoms with van der Waals surface area (Å²) in [7, 11) is 0. The molecule has 1 N–H and O–H groups in total. The van der Waals surface area contributed by atoms with Crippen LogP contribution in [0.15, 0.2) is 0 Å². The van der Waals surface area contributed by atoms with Crippen LogP contribution in [-0.4, -0.2) is 30.4 Å². The van der Waals surface area contributed by atoms with Crippen LogP contribution in [0, 0.1) is 0 Å². The van der Waals surface area contributed by atoms with Crippen molar-refractivity contribution in [2.45, 2.75) is 51.4 Å². The normalized spacial score (nSPS) is 15.8. The van der Waals surface area contributed by atoms with Gasteiger partial charge in [-0.3, -0.25) is 0 Å². The minimum absolute atomic E-state index is 0.0612. The molecule has 1 saturated carbocycles. The van der Waals surface area contributed by atoms with Gasteiger partial charge in [0, 0.05) is 23.9 Å². The number of alkyl halides is 3. The van der Waals surface area contributed by atoms with Crippen molar-refractivity contribution in [2.75, 3.05) is 13.2 Å². The highest BCUT2D eigenvalue weighted by molar-refractivity contribution is 7.11. The quantitative estimate of drug-likeness (QED) is 0.749. The van der Waals surface area contributed by atoms with Gasteiger partial charge in [-0.15, -0.1) is 11.3 Å². The molecule has 0 aliphatic heterocycles. The number of thiazole rings is 1. The Labute approximate surface area is 120 Å². The average Bonchev–Trinajstić information content (AvgIpc) is 3.12. The van der Waals surface area contributed by atoms with E-state index in [1.54, 1.807) is 11.3 Å². The zero-order valence-electron chi connectivity index (χ0n) is 11.4. The Bertz CT molecular complexity index is 430. The van der Waals surface area contributed by atoms with Crippen molar-refractivity contribution in [1.82, 2.24) is 10.3 Å². The summed E-state index contributed by atoms with van der Waals surface area (Å²) < 4.78 is 40.4. The van der Waals surface area contributed by atoms with Crippen LogP contribution >= 0.6 is 11.3 Å². The second kappa shape index (κ2) is 6.87. The fraction of sp³-hybridized carbons (Fsp3) is 0.769. The van der Waals surface area contributed by atoms with Crippen LogP contribution in [-0.2, 0) is 24.1 Å². The zero-order valence-corrected chi connectivity index (χ0v) is 12.2. The SMILES string of the molecule is CCc1nc(CCOCC(F)(F)F)sc1CNC1CC1. The molecule has 0 amide bonds. The van der Waals surface area contributed by atoms with Crippen LogP contribution in [0.5, 0.6) is 0 Å². The van der Waals surface area contributed by atoms with Gasteiger partial charge in [0.05, 0.1) is 17.3 Å². The minimum atomic E-state index is -4.25. The topological polar surface area (TPSA) is 34.1 Å². The Balaban J connectivity index is 1.78. The van der Waals surface area contributed by atoms with Crippen LogP contribution in [0.25, 0.3) is 0 Å². The maximum atomic E-state index is 11.9. The molecule has 2 rings (SSSR count). The molecule has 0 saturated heterocycles. The fourth-order valence-electron chi connectivity index (χ4n) is 1.83. The Kier molecular flexibility index (Phi) is 5.40. The van der Waals surface area contributed by atoms with Crippen molar-refractivity contribution < 1.29 is 17.9 Å². The van der Waals surface area contributed by atoms with Crippen LogP contribution in [0.4, 0.5) is 13.2 Å². The number of hydrogen-bond acceptors (Lipinski definition) is 4. The van der Waals surface area contributed by atoms with Crippen LogP contribution in [0.2, 0.25) is 0 Å². The lowest BCUT2D eigenvalue weighted by Gasteiger charge is -2.06. The number of hydrogen-bond donors (Lipinski definition) is 1. The molecule has 1 aromatic rings. The number of halogens is 3. The van der Waals surface area contributed by atoms with E-state index in [9.17, 15) is 13.2 Å². The van der Waals surface area contributed by atoms with Gasteiger partial charge in [-0.05, 0) is 19.3 Å². The number of nitrogens with zero attached hydrogens (tertiary/aromatic N) is 1. The smallest absolute Gasteiger partial charge is 0.372 e. The number of aromatic nitrogens is 1. The molecule has 1 aliphatic rings. The highest BCUT2D eigenvalue weighted by Crippen LogP contribution is 2.23. The van der Waals surface area contributed by atoms with Gasteiger partial charge in [0.1, 0.15) is 6.61 Å². The van der Waals surface area contributed by atoms with Gasteiger partial charge < -0.3 is 10.1 Å². The molecule has 0 unspecified atom stereocenters. The van der Waals surface area contributed by atoms with Crippen LogP contribution in [0.1, 0.15) is 35.3 Å². The third-order valence-corrected chi connectivity index (χ3v) is 4.17. The maximum absolute atomic E-state index is 11.9. The van der Waals surface area contributed by atoms with Gasteiger partial charge in [-0.1, -0.05) is 6.92 Å². The molecule has 0 spiro atoms. The van der Waals surface area contributed by atoms with Crippen molar-refractivity contribution in [1.29, 1.82) is 0 Å². The Morgan fingerprint density at radius 1 is 1.40 bits per heavy atom. The van der Waals surface area contributed by atoms with Gasteiger partial charge in [-0.25, -0.2) is 4.98 Å². The molecule has 1 fully saturated rings. The molecule has 1 aromatic heterocycles. The summed E-state index contributed by atoms with van der Waals surface area (Å²) in [6, 6.07) is 0.639. The summed E-state index contributed by atoms with van der Waals surface area (Å²) in [5.74, 6) is 0. The lowest BCUT2D eigenvalue weighted by molar-refractivity contribution is -0.173. The molecular weight excluding hydrogens is 289 g/mol. The third kappa shape index (κ3) is 5.38. The molecule has 0 aromatic carbocycles. The van der Waals surface area contributed by atoms with Crippen LogP contribution < -0.4 is 5.32 Å². The van der Waals surface area contributed by atoms with E-state index in [-0.39, 0.29) is 6.61 Å². The molecule has 1 heterocycles. The molecule has 7 heteroatoms. The van der Waals surface area contributed by atoms with E-state index in [1.165, 1.54) is 17.7 Å². The Hall–Kier alpha value is -0.660. The average molecular weight is 308 g/mol. The van der Waals surface area contributed by atoms with Crippen molar-refractivity contribution in [3.63, 3.8) is 0 Å². The summed E-state index contributed by atoms with van der Waals surface area (Å²) in [5.41, 5.74) is 1.05. The second-order valence-electron chi connectivity index (χ2n) is 4.90. The number of rotatable bonds is 8. The molecule has 114 valence electrons. The molecule has 1 aliphatic carbocycles. The monoisotopic (exact) mass is 308 g/mol. The van der Waals surface area contributed by atoms with E-state index in [1.807, 2.05) is 6.92 Å². The van der Waals surface area contributed by atoms with Crippen molar-refractivity contribution in [2.24, 2.45) is 0 Å². The third-order valence-electron chi connectivity index (χ3n) is 3.01. The fourth-order valence-corrected chi connectivity index (χ4v) is 2.92. The van der Waals surface area contributed by atoms with E-state index in [0.717, 1.165) is 23.7 Å². The molecule has 20 heavy (non-hydrogen) atoms. The van der Waals surface area contributed by atoms with Gasteiger partial charge in [-0.2, -0.15) is 13.2 Å². The summed E-state index contributed by atoms with van der Waals surface area (Å²) in [6.07, 6.45) is -0.494. The standard InChI is InChI=1S/C13H19F3N2OS/c1-2-10-11(7-17-9-3-4-9)20-12(18-10)5-6-19-8-13(14,15)16/h9,17H,2-8H2,1H3. The Morgan fingerprint density at radius 3 is 2.75 bits per heavy atom. The molecule has 0 radical (unpaired) electrons. The first-order valence-electron chi connectivity index (χ1n) is 6.83. The summed E-state index contributed by atoms with van der Waals surface area (Å²) >= 11 is 1.58. The van der Waals surface area contributed by atoms with Crippen molar-refractivity contribution in [3.05, 3.63) is 15.6 Å². The second-order valence-corrected chi connectivity index (χ2v) is 6.07. The largest absolute Gasteiger partial charge is 0.411 e. The molecule has 0 atom stereocenters. The van der Waals surface area contributed by atoms with Crippen LogP contribution in [0.3, 0.4) is 0 Å². The number of ether oxygens (including phenoxy) is 1. The maximum Gasteiger partial charge on any atom is 0.411 e. The first-order chi connectivity index (χ1) is 9.48. The van der Waals surface area contributed by atoms with Gasteiger partial charge in [0.2, 0.25) is 0 Å². The summed E-state index contributed by atoms with van der Waals surface area (Å²) in [4.78, 5) is 5.68. The molecule has 0 bridgehead atoms. The van der Waals surface area contributed by atoms with E-state index in [4.69, 9.17) is 0 Å². The zero-order chi connectivity index (χ0) is 14.6. The predicted octanol–water partition coefficient (Wildman–Crippen LogP) is 3.08. The predicted molar refractivity (Wildman–Crippen MR) is 71.9 cm³/mol. The van der Waals surface area contributed by atoms with Crippen molar-refractivity contribution >= 4 is 11.3 Å². The van der Waals surface area contributed by atoms with Gasteiger partial charge >= 0.3 is 6.18 Å². The Morgan fingerprint density at radius 2 is 2.15 bits per heavy atom. The first-order valence-corrected chi connectivity index (χ1v) is 7.65. The summed E-state index contributed by atoms with van der Waals surface area (Å²) in [5, 5.41) is 4.30.